The minimum absolute atomic E-state index is 0.813. The highest BCUT2D eigenvalue weighted by Gasteiger charge is 2.25. The molecule has 3 nitrogen and oxygen atoms in total. The van der Waals surface area contributed by atoms with Crippen molar-refractivity contribution in [2.45, 2.75) is 11.8 Å². The molecule has 1 aliphatic heterocycles. The van der Waals surface area contributed by atoms with Crippen molar-refractivity contribution in [2.24, 2.45) is 0 Å². The van der Waals surface area contributed by atoms with Gasteiger partial charge in [-0.05, 0) is 30.0 Å². The summed E-state index contributed by atoms with van der Waals surface area (Å²) in [4.78, 5) is 6.92. The predicted octanol–water partition coefficient (Wildman–Crippen LogP) is 2.79. The van der Waals surface area contributed by atoms with Gasteiger partial charge in [0.15, 0.2) is 0 Å². The van der Waals surface area contributed by atoms with E-state index in [-0.39, 0.29) is 0 Å². The molecule has 0 atom stereocenters. The van der Waals surface area contributed by atoms with E-state index >= 15 is 0 Å². The lowest BCUT2D eigenvalue weighted by atomic mass is 10.1. The summed E-state index contributed by atoms with van der Waals surface area (Å²) in [5.74, 6) is 0.864. The van der Waals surface area contributed by atoms with E-state index in [1.165, 1.54) is 24.0 Å². The summed E-state index contributed by atoms with van der Waals surface area (Å²) < 4.78 is 5.25. The Labute approximate surface area is 118 Å². The number of likely N-dealkylation sites (tertiary alicyclic amines) is 1. The largest absolute Gasteiger partial charge is 0.497 e. The molecule has 0 unspecified atom stereocenters. The lowest BCUT2D eigenvalue weighted by molar-refractivity contribution is 0.182. The van der Waals surface area contributed by atoms with Gasteiger partial charge in [-0.3, -0.25) is 9.88 Å². The molecule has 1 aromatic carbocycles. The molecule has 1 saturated heterocycles. The molecule has 0 saturated carbocycles. The first-order valence-corrected chi connectivity index (χ1v) is 7.75. The minimum Gasteiger partial charge on any atom is -0.497 e. The number of hydrogen-bond donors (Lipinski definition) is 0. The molecule has 3 rings (SSSR count). The normalized spacial score (nSPS) is 16.5. The Kier molecular flexibility index (Phi) is 3.62. The van der Waals surface area contributed by atoms with Gasteiger partial charge in [-0.2, -0.15) is 11.8 Å². The van der Waals surface area contributed by atoms with Gasteiger partial charge in [-0.25, -0.2) is 0 Å². The molecule has 0 N–H and O–H groups in total. The Hall–Kier alpha value is -1.26. The van der Waals surface area contributed by atoms with Gasteiger partial charge in [-0.1, -0.05) is 0 Å². The van der Waals surface area contributed by atoms with E-state index in [0.29, 0.717) is 0 Å². The maximum Gasteiger partial charge on any atom is 0.121 e. The van der Waals surface area contributed by atoms with E-state index in [9.17, 15) is 0 Å². The van der Waals surface area contributed by atoms with Crippen molar-refractivity contribution in [2.75, 3.05) is 26.5 Å². The lowest BCUT2D eigenvalue weighted by Gasteiger charge is -2.38. The number of methoxy groups -OCH3 is 1. The first kappa shape index (κ1) is 12.8. The van der Waals surface area contributed by atoms with Crippen LogP contribution in [0, 0.1) is 0 Å². The van der Waals surface area contributed by atoms with E-state index < -0.39 is 0 Å². The average molecular weight is 274 g/mol. The molecule has 0 aliphatic carbocycles. The SMILES string of the molecule is COc1ccc2c(CN3CC(SC)C3)ccnc2c1. The number of hydrogen-bond acceptors (Lipinski definition) is 4. The Balaban J connectivity index is 1.83. The topological polar surface area (TPSA) is 25.4 Å². The molecule has 4 heteroatoms. The fourth-order valence-corrected chi connectivity index (χ4v) is 3.21. The third-order valence-electron chi connectivity index (χ3n) is 3.69. The van der Waals surface area contributed by atoms with E-state index in [1.54, 1.807) is 7.11 Å². The Bertz CT molecular complexity index is 581. The molecular weight excluding hydrogens is 256 g/mol. The monoisotopic (exact) mass is 274 g/mol. The van der Waals surface area contributed by atoms with Gasteiger partial charge in [0, 0.05) is 42.5 Å². The minimum atomic E-state index is 0.813. The third-order valence-corrected chi connectivity index (χ3v) is 4.66. The standard InChI is InChI=1S/C15H18N2OS/c1-18-12-3-4-14-11(5-6-16-15(14)7-12)8-17-9-13(10-17)19-2/h3-7,13H,8-10H2,1-2H3. The maximum absolute atomic E-state index is 5.25. The molecule has 0 radical (unpaired) electrons. The van der Waals surface area contributed by atoms with Gasteiger partial charge in [0.2, 0.25) is 0 Å². The van der Waals surface area contributed by atoms with Crippen LogP contribution in [-0.2, 0) is 6.54 Å². The van der Waals surface area contributed by atoms with Gasteiger partial charge >= 0.3 is 0 Å². The average Bonchev–Trinajstić information content (AvgIpc) is 2.41. The number of ether oxygens (including phenoxy) is 1. The summed E-state index contributed by atoms with van der Waals surface area (Å²) in [5, 5.41) is 2.05. The molecule has 0 amide bonds. The van der Waals surface area contributed by atoms with Gasteiger partial charge < -0.3 is 4.74 Å². The van der Waals surface area contributed by atoms with Gasteiger partial charge in [0.1, 0.15) is 5.75 Å². The summed E-state index contributed by atoms with van der Waals surface area (Å²) in [7, 11) is 1.69. The third kappa shape index (κ3) is 2.55. The fraction of sp³-hybridized carbons (Fsp3) is 0.400. The van der Waals surface area contributed by atoms with Crippen molar-refractivity contribution in [3.05, 3.63) is 36.0 Å². The number of thioether (sulfide) groups is 1. The molecule has 19 heavy (non-hydrogen) atoms. The van der Waals surface area contributed by atoms with Crippen molar-refractivity contribution < 1.29 is 4.74 Å². The second-order valence-electron chi connectivity index (χ2n) is 4.90. The van der Waals surface area contributed by atoms with E-state index in [1.807, 2.05) is 30.1 Å². The number of aromatic nitrogens is 1. The molecular formula is C15H18N2OS. The van der Waals surface area contributed by atoms with Crippen LogP contribution in [0.2, 0.25) is 0 Å². The Morgan fingerprint density at radius 3 is 2.95 bits per heavy atom. The van der Waals surface area contributed by atoms with Crippen LogP contribution in [0.5, 0.6) is 5.75 Å². The maximum atomic E-state index is 5.25. The van der Waals surface area contributed by atoms with Crippen LogP contribution < -0.4 is 4.74 Å². The van der Waals surface area contributed by atoms with Crippen LogP contribution in [-0.4, -0.2) is 41.6 Å². The molecule has 2 aromatic rings. The van der Waals surface area contributed by atoms with Crippen molar-refractivity contribution in [3.63, 3.8) is 0 Å². The molecule has 100 valence electrons. The van der Waals surface area contributed by atoms with E-state index in [2.05, 4.69) is 28.3 Å². The van der Waals surface area contributed by atoms with Gasteiger partial charge in [-0.15, -0.1) is 0 Å². The second kappa shape index (κ2) is 5.39. The summed E-state index contributed by atoms with van der Waals surface area (Å²) >= 11 is 1.96. The summed E-state index contributed by atoms with van der Waals surface area (Å²) in [5.41, 5.74) is 2.37. The van der Waals surface area contributed by atoms with Crippen LogP contribution in [0.15, 0.2) is 30.5 Å². The highest BCUT2D eigenvalue weighted by atomic mass is 32.2. The van der Waals surface area contributed by atoms with Crippen LogP contribution in [0.25, 0.3) is 10.9 Å². The zero-order valence-corrected chi connectivity index (χ0v) is 12.1. The molecule has 1 aromatic heterocycles. The summed E-state index contributed by atoms with van der Waals surface area (Å²) in [6.07, 6.45) is 4.08. The van der Waals surface area contributed by atoms with Crippen LogP contribution >= 0.6 is 11.8 Å². The van der Waals surface area contributed by atoms with E-state index in [0.717, 1.165) is 23.1 Å². The van der Waals surface area contributed by atoms with Crippen LogP contribution in [0.1, 0.15) is 5.56 Å². The van der Waals surface area contributed by atoms with Crippen molar-refractivity contribution in [3.8, 4) is 5.75 Å². The van der Waals surface area contributed by atoms with Crippen molar-refractivity contribution >= 4 is 22.7 Å². The first-order valence-electron chi connectivity index (χ1n) is 6.47. The summed E-state index contributed by atoms with van der Waals surface area (Å²) in [6.45, 7) is 3.41. The molecule has 0 bridgehead atoms. The highest BCUT2D eigenvalue weighted by Crippen LogP contribution is 2.26. The smallest absolute Gasteiger partial charge is 0.121 e. The Morgan fingerprint density at radius 1 is 1.37 bits per heavy atom. The summed E-state index contributed by atoms with van der Waals surface area (Å²) in [6, 6.07) is 8.25. The number of fused-ring (bicyclic) bond motifs is 1. The quantitative estimate of drug-likeness (QED) is 0.856. The zero-order chi connectivity index (χ0) is 13.2. The molecule has 1 fully saturated rings. The van der Waals surface area contributed by atoms with Crippen molar-refractivity contribution in [1.82, 2.24) is 9.88 Å². The molecule has 0 spiro atoms. The Morgan fingerprint density at radius 2 is 2.21 bits per heavy atom. The van der Waals surface area contributed by atoms with Gasteiger partial charge in [0.05, 0.1) is 12.6 Å². The van der Waals surface area contributed by atoms with Crippen molar-refractivity contribution in [1.29, 1.82) is 0 Å². The van der Waals surface area contributed by atoms with Crippen LogP contribution in [0.4, 0.5) is 0 Å². The van der Waals surface area contributed by atoms with E-state index in [4.69, 9.17) is 4.74 Å². The number of nitrogens with zero attached hydrogens (tertiary/aromatic N) is 2. The van der Waals surface area contributed by atoms with Crippen LogP contribution in [0.3, 0.4) is 0 Å². The molecule has 2 heterocycles. The number of pyridine rings is 1. The number of rotatable bonds is 4. The second-order valence-corrected chi connectivity index (χ2v) is 6.04. The molecule has 1 aliphatic rings. The first-order chi connectivity index (χ1) is 9.30. The predicted molar refractivity (Wildman–Crippen MR) is 80.9 cm³/mol. The van der Waals surface area contributed by atoms with Gasteiger partial charge in [0.25, 0.3) is 0 Å². The fourth-order valence-electron chi connectivity index (χ4n) is 2.49. The lowest BCUT2D eigenvalue weighted by Crippen LogP contribution is -2.48. The zero-order valence-electron chi connectivity index (χ0n) is 11.3. The number of benzene rings is 1. The highest BCUT2D eigenvalue weighted by molar-refractivity contribution is 7.99.